The molecule has 1 aromatic carbocycles. The zero-order valence-electron chi connectivity index (χ0n) is 13.5. The Morgan fingerprint density at radius 2 is 1.84 bits per heavy atom. The maximum atomic E-state index is 3.73. The molecule has 2 nitrogen and oxygen atoms in total. The summed E-state index contributed by atoms with van der Waals surface area (Å²) in [5.74, 6) is 0.732. The third kappa shape index (κ3) is 5.75. The van der Waals surface area contributed by atoms with Gasteiger partial charge in [-0.2, -0.15) is 0 Å². The van der Waals surface area contributed by atoms with Crippen molar-refractivity contribution in [1.82, 2.24) is 10.2 Å². The second-order valence-electron chi connectivity index (χ2n) is 6.33. The lowest BCUT2D eigenvalue weighted by Crippen LogP contribution is -2.38. The third-order valence-corrected chi connectivity index (χ3v) is 3.64. The molecule has 1 rings (SSSR count). The van der Waals surface area contributed by atoms with Gasteiger partial charge in [0.2, 0.25) is 0 Å². The Balaban J connectivity index is 2.62. The van der Waals surface area contributed by atoms with E-state index in [1.54, 1.807) is 0 Å². The van der Waals surface area contributed by atoms with E-state index in [1.807, 2.05) is 0 Å². The molecule has 0 spiro atoms. The molecule has 2 heteroatoms. The molecule has 0 heterocycles. The van der Waals surface area contributed by atoms with Crippen molar-refractivity contribution in [3.8, 4) is 0 Å². The molecular formula is C17H30N2. The van der Waals surface area contributed by atoms with Gasteiger partial charge in [0.15, 0.2) is 0 Å². The van der Waals surface area contributed by atoms with Crippen molar-refractivity contribution in [2.24, 2.45) is 5.92 Å². The van der Waals surface area contributed by atoms with Crippen LogP contribution in [0.1, 0.15) is 37.0 Å². The molecule has 0 aliphatic rings. The predicted molar refractivity (Wildman–Crippen MR) is 84.6 cm³/mol. The van der Waals surface area contributed by atoms with Gasteiger partial charge in [-0.15, -0.1) is 0 Å². The standard InChI is InChI=1S/C17H30N2/c1-13(2)10-17(12-19(5)6)18-11-16-9-7-8-14(3)15(16)4/h7-9,13,17-18H,10-12H2,1-6H3. The molecule has 0 radical (unpaired) electrons. The van der Waals surface area contributed by atoms with Crippen LogP contribution >= 0.6 is 0 Å². The SMILES string of the molecule is Cc1cccc(CNC(CC(C)C)CN(C)C)c1C. The maximum Gasteiger partial charge on any atom is 0.0211 e. The van der Waals surface area contributed by atoms with Gasteiger partial charge in [-0.25, -0.2) is 0 Å². The Morgan fingerprint density at radius 1 is 1.16 bits per heavy atom. The Morgan fingerprint density at radius 3 is 2.42 bits per heavy atom. The average molecular weight is 262 g/mol. The fourth-order valence-corrected chi connectivity index (χ4v) is 2.49. The van der Waals surface area contributed by atoms with Crippen molar-refractivity contribution in [2.45, 2.75) is 46.7 Å². The van der Waals surface area contributed by atoms with E-state index in [1.165, 1.54) is 23.1 Å². The van der Waals surface area contributed by atoms with E-state index in [-0.39, 0.29) is 0 Å². The van der Waals surface area contributed by atoms with E-state index >= 15 is 0 Å². The summed E-state index contributed by atoms with van der Waals surface area (Å²) < 4.78 is 0. The first-order valence-electron chi connectivity index (χ1n) is 7.33. The van der Waals surface area contributed by atoms with E-state index in [0.717, 1.165) is 19.0 Å². The number of hydrogen-bond donors (Lipinski definition) is 1. The van der Waals surface area contributed by atoms with Crippen LogP contribution in [0.2, 0.25) is 0 Å². The van der Waals surface area contributed by atoms with Crippen LogP contribution in [0.15, 0.2) is 18.2 Å². The first-order chi connectivity index (χ1) is 8.90. The quantitative estimate of drug-likeness (QED) is 0.810. The number of aryl methyl sites for hydroxylation is 1. The van der Waals surface area contributed by atoms with Gasteiger partial charge in [0, 0.05) is 19.1 Å². The Bertz CT molecular complexity index is 373. The van der Waals surface area contributed by atoms with Crippen LogP contribution in [0.4, 0.5) is 0 Å². The molecule has 0 bridgehead atoms. The smallest absolute Gasteiger partial charge is 0.0211 e. The Hall–Kier alpha value is -0.860. The molecule has 0 fully saturated rings. The highest BCUT2D eigenvalue weighted by molar-refractivity contribution is 5.32. The number of benzene rings is 1. The van der Waals surface area contributed by atoms with Gasteiger partial charge in [-0.05, 0) is 57.0 Å². The molecule has 0 saturated heterocycles. The van der Waals surface area contributed by atoms with Gasteiger partial charge in [-0.1, -0.05) is 32.0 Å². The van der Waals surface area contributed by atoms with Crippen LogP contribution in [-0.2, 0) is 6.54 Å². The Labute approximate surface area is 119 Å². The molecule has 0 aliphatic heterocycles. The molecule has 1 atom stereocenters. The van der Waals surface area contributed by atoms with Crippen LogP contribution in [0, 0.1) is 19.8 Å². The summed E-state index contributed by atoms with van der Waals surface area (Å²) in [5.41, 5.74) is 4.22. The highest BCUT2D eigenvalue weighted by Gasteiger charge is 2.12. The van der Waals surface area contributed by atoms with Crippen LogP contribution in [0.5, 0.6) is 0 Å². The van der Waals surface area contributed by atoms with Gasteiger partial charge in [0.25, 0.3) is 0 Å². The largest absolute Gasteiger partial charge is 0.309 e. The second kappa shape index (κ2) is 7.66. The molecule has 0 aliphatic carbocycles. The molecule has 0 saturated carbocycles. The fourth-order valence-electron chi connectivity index (χ4n) is 2.49. The van der Waals surface area contributed by atoms with Crippen molar-refractivity contribution in [2.75, 3.05) is 20.6 Å². The number of nitrogens with one attached hydrogen (secondary N) is 1. The normalized spacial score (nSPS) is 13.3. The van der Waals surface area contributed by atoms with E-state index < -0.39 is 0 Å². The summed E-state index contributed by atoms with van der Waals surface area (Å²) in [5, 5.41) is 3.73. The second-order valence-corrected chi connectivity index (χ2v) is 6.33. The van der Waals surface area contributed by atoms with E-state index in [2.05, 4.69) is 70.2 Å². The molecule has 19 heavy (non-hydrogen) atoms. The van der Waals surface area contributed by atoms with Crippen molar-refractivity contribution in [1.29, 1.82) is 0 Å². The monoisotopic (exact) mass is 262 g/mol. The van der Waals surface area contributed by atoms with Crippen LogP contribution in [-0.4, -0.2) is 31.6 Å². The fraction of sp³-hybridized carbons (Fsp3) is 0.647. The predicted octanol–water partition coefficient (Wildman–Crippen LogP) is 3.37. The summed E-state index contributed by atoms with van der Waals surface area (Å²) >= 11 is 0. The van der Waals surface area contributed by atoms with Gasteiger partial charge in [-0.3, -0.25) is 0 Å². The Kier molecular flexibility index (Phi) is 6.53. The number of hydrogen-bond acceptors (Lipinski definition) is 2. The van der Waals surface area contributed by atoms with Crippen LogP contribution in [0.3, 0.4) is 0 Å². The van der Waals surface area contributed by atoms with Crippen molar-refractivity contribution in [3.05, 3.63) is 34.9 Å². The first-order valence-corrected chi connectivity index (χ1v) is 7.33. The highest BCUT2D eigenvalue weighted by Crippen LogP contribution is 2.13. The van der Waals surface area contributed by atoms with E-state index in [9.17, 15) is 0 Å². The molecule has 108 valence electrons. The number of likely N-dealkylation sites (N-methyl/N-ethyl adjacent to an activating group) is 1. The highest BCUT2D eigenvalue weighted by atomic mass is 15.1. The van der Waals surface area contributed by atoms with Crippen molar-refractivity contribution >= 4 is 0 Å². The molecule has 1 aromatic rings. The summed E-state index contributed by atoms with van der Waals surface area (Å²) in [4.78, 5) is 2.27. The molecule has 1 unspecified atom stereocenters. The van der Waals surface area contributed by atoms with Crippen molar-refractivity contribution in [3.63, 3.8) is 0 Å². The van der Waals surface area contributed by atoms with Crippen molar-refractivity contribution < 1.29 is 0 Å². The molecule has 0 amide bonds. The van der Waals surface area contributed by atoms with E-state index in [4.69, 9.17) is 0 Å². The summed E-state index contributed by atoms with van der Waals surface area (Å²) in [6, 6.07) is 7.14. The maximum absolute atomic E-state index is 3.73. The van der Waals surface area contributed by atoms with Gasteiger partial charge < -0.3 is 10.2 Å². The summed E-state index contributed by atoms with van der Waals surface area (Å²) in [6.45, 7) is 11.1. The topological polar surface area (TPSA) is 15.3 Å². The van der Waals surface area contributed by atoms with Gasteiger partial charge in [0.1, 0.15) is 0 Å². The molecule has 1 N–H and O–H groups in total. The molecular weight excluding hydrogens is 232 g/mol. The number of nitrogens with zero attached hydrogens (tertiary/aromatic N) is 1. The third-order valence-electron chi connectivity index (χ3n) is 3.64. The molecule has 0 aromatic heterocycles. The minimum absolute atomic E-state index is 0.565. The lowest BCUT2D eigenvalue weighted by Gasteiger charge is -2.24. The van der Waals surface area contributed by atoms with Crippen LogP contribution < -0.4 is 5.32 Å². The first kappa shape index (κ1) is 16.2. The lowest BCUT2D eigenvalue weighted by atomic mass is 10.0. The minimum Gasteiger partial charge on any atom is -0.309 e. The number of rotatable bonds is 7. The lowest BCUT2D eigenvalue weighted by molar-refractivity contribution is 0.305. The summed E-state index contributed by atoms with van der Waals surface area (Å²) in [7, 11) is 4.29. The summed E-state index contributed by atoms with van der Waals surface area (Å²) in [6.07, 6.45) is 1.23. The van der Waals surface area contributed by atoms with E-state index in [0.29, 0.717) is 6.04 Å². The zero-order chi connectivity index (χ0) is 14.4. The van der Waals surface area contributed by atoms with Crippen LogP contribution in [0.25, 0.3) is 0 Å². The van der Waals surface area contributed by atoms with Gasteiger partial charge >= 0.3 is 0 Å². The van der Waals surface area contributed by atoms with Gasteiger partial charge in [0.05, 0.1) is 0 Å². The zero-order valence-corrected chi connectivity index (χ0v) is 13.5. The minimum atomic E-state index is 0.565. The average Bonchev–Trinajstić information content (AvgIpc) is 2.29.